The topological polar surface area (TPSA) is 103 Å². The summed E-state index contributed by atoms with van der Waals surface area (Å²) in [5.41, 5.74) is -0.200. The van der Waals surface area contributed by atoms with Gasteiger partial charge in [-0.05, 0) is 31.4 Å². The van der Waals surface area contributed by atoms with Crippen LogP contribution in [0.3, 0.4) is 0 Å². The van der Waals surface area contributed by atoms with Crippen molar-refractivity contribution in [1.82, 2.24) is 20.5 Å². The summed E-state index contributed by atoms with van der Waals surface area (Å²) < 4.78 is 0. The largest absolute Gasteiger partial charge is 0.352 e. The van der Waals surface area contributed by atoms with E-state index in [-0.39, 0.29) is 36.7 Å². The average Bonchev–Trinajstić information content (AvgIpc) is 3.04. The number of fused-ring (bicyclic) bond motifs is 1. The highest BCUT2D eigenvalue weighted by atomic mass is 16.2. The zero-order valence-corrected chi connectivity index (χ0v) is 16.7. The predicted octanol–water partition coefficient (Wildman–Crippen LogP) is 1.78. The van der Waals surface area contributed by atoms with Crippen molar-refractivity contribution >= 4 is 23.5 Å². The third kappa shape index (κ3) is 4.52. The van der Waals surface area contributed by atoms with E-state index in [9.17, 15) is 14.4 Å². The molecule has 8 nitrogen and oxygen atoms in total. The lowest BCUT2D eigenvalue weighted by molar-refractivity contribution is -0.135. The Bertz CT molecular complexity index is 790. The van der Waals surface area contributed by atoms with E-state index in [2.05, 4.69) is 20.9 Å². The number of pyridine rings is 1. The van der Waals surface area contributed by atoms with Crippen LogP contribution in [0.2, 0.25) is 0 Å². The van der Waals surface area contributed by atoms with Gasteiger partial charge in [0.05, 0.1) is 12.1 Å². The molecule has 1 unspecified atom stereocenters. The molecule has 29 heavy (non-hydrogen) atoms. The second kappa shape index (κ2) is 8.39. The van der Waals surface area contributed by atoms with Gasteiger partial charge in [0.2, 0.25) is 11.8 Å². The Morgan fingerprint density at radius 3 is 2.76 bits per heavy atom. The summed E-state index contributed by atoms with van der Waals surface area (Å²) in [6.07, 6.45) is 9.71. The molecule has 3 heterocycles. The van der Waals surface area contributed by atoms with Gasteiger partial charge in [-0.25, -0.2) is 4.98 Å². The fraction of sp³-hybridized carbons (Fsp3) is 0.619. The molecular formula is C21H29N5O3. The van der Waals surface area contributed by atoms with E-state index in [4.69, 9.17) is 0 Å². The lowest BCUT2D eigenvalue weighted by Crippen LogP contribution is -2.58. The molecule has 1 saturated heterocycles. The number of carbonyl (C=O) groups excluding carboxylic acids is 3. The fourth-order valence-electron chi connectivity index (χ4n) is 4.57. The van der Waals surface area contributed by atoms with E-state index >= 15 is 0 Å². The highest BCUT2D eigenvalue weighted by Crippen LogP contribution is 2.30. The molecule has 0 radical (unpaired) electrons. The SMILES string of the molecule is O=C(CN1CCC2(CCC1=O)NC(=O)c1cccnc1N2)NC1CCCCCC1. The number of rotatable bonds is 3. The Kier molecular flexibility index (Phi) is 5.69. The third-order valence-electron chi connectivity index (χ3n) is 6.24. The van der Waals surface area contributed by atoms with Gasteiger partial charge in [-0.1, -0.05) is 25.7 Å². The van der Waals surface area contributed by atoms with Crippen LogP contribution in [0.4, 0.5) is 5.82 Å². The first kappa shape index (κ1) is 19.7. The van der Waals surface area contributed by atoms with Gasteiger partial charge in [-0.3, -0.25) is 14.4 Å². The van der Waals surface area contributed by atoms with Crippen molar-refractivity contribution in [3.05, 3.63) is 23.9 Å². The number of aromatic nitrogens is 1. The van der Waals surface area contributed by atoms with Gasteiger partial charge in [0.15, 0.2) is 0 Å². The molecule has 2 fully saturated rings. The van der Waals surface area contributed by atoms with E-state index < -0.39 is 5.66 Å². The van der Waals surface area contributed by atoms with Gasteiger partial charge in [-0.2, -0.15) is 0 Å². The number of likely N-dealkylation sites (tertiary alicyclic amines) is 1. The lowest BCUT2D eigenvalue weighted by atomic mass is 9.97. The first-order valence-electron chi connectivity index (χ1n) is 10.7. The highest BCUT2D eigenvalue weighted by Gasteiger charge is 2.41. The molecule has 3 N–H and O–H groups in total. The van der Waals surface area contributed by atoms with Gasteiger partial charge < -0.3 is 20.9 Å². The number of amides is 3. The van der Waals surface area contributed by atoms with Crippen LogP contribution in [-0.2, 0) is 9.59 Å². The van der Waals surface area contributed by atoms with Crippen molar-refractivity contribution in [2.45, 2.75) is 69.5 Å². The minimum atomic E-state index is -0.708. The molecule has 3 aliphatic rings. The van der Waals surface area contributed by atoms with Crippen LogP contribution in [0.5, 0.6) is 0 Å². The molecular weight excluding hydrogens is 370 g/mol. The number of hydrogen-bond acceptors (Lipinski definition) is 5. The molecule has 2 aliphatic heterocycles. The highest BCUT2D eigenvalue weighted by molar-refractivity contribution is 6.01. The Morgan fingerprint density at radius 2 is 1.97 bits per heavy atom. The Balaban J connectivity index is 1.38. The Hall–Kier alpha value is -2.64. The van der Waals surface area contributed by atoms with Gasteiger partial charge in [0.25, 0.3) is 5.91 Å². The van der Waals surface area contributed by atoms with Gasteiger partial charge >= 0.3 is 0 Å². The van der Waals surface area contributed by atoms with Crippen LogP contribution in [-0.4, -0.2) is 52.4 Å². The maximum atomic E-state index is 12.6. The molecule has 1 spiro atoms. The van der Waals surface area contributed by atoms with E-state index in [0.29, 0.717) is 30.8 Å². The predicted molar refractivity (Wildman–Crippen MR) is 108 cm³/mol. The summed E-state index contributed by atoms with van der Waals surface area (Å²) in [7, 11) is 0. The van der Waals surface area contributed by atoms with Gasteiger partial charge in [0.1, 0.15) is 11.5 Å². The zero-order chi connectivity index (χ0) is 20.3. The molecule has 1 aromatic rings. The lowest BCUT2D eigenvalue weighted by Gasteiger charge is -2.39. The summed E-state index contributed by atoms with van der Waals surface area (Å²) in [4.78, 5) is 43.6. The fourth-order valence-corrected chi connectivity index (χ4v) is 4.57. The van der Waals surface area contributed by atoms with E-state index in [1.54, 1.807) is 23.2 Å². The van der Waals surface area contributed by atoms with Crippen molar-refractivity contribution in [3.8, 4) is 0 Å². The van der Waals surface area contributed by atoms with E-state index in [1.807, 2.05) is 0 Å². The van der Waals surface area contributed by atoms with E-state index in [1.165, 1.54) is 12.8 Å². The van der Waals surface area contributed by atoms with Crippen LogP contribution < -0.4 is 16.0 Å². The minimum absolute atomic E-state index is 0.0549. The average molecular weight is 399 g/mol. The summed E-state index contributed by atoms with van der Waals surface area (Å²) in [6, 6.07) is 3.67. The van der Waals surface area contributed by atoms with Crippen LogP contribution in [0.15, 0.2) is 18.3 Å². The van der Waals surface area contributed by atoms with Crippen LogP contribution in [0, 0.1) is 0 Å². The van der Waals surface area contributed by atoms with E-state index in [0.717, 1.165) is 25.7 Å². The van der Waals surface area contributed by atoms with Gasteiger partial charge in [0, 0.05) is 31.6 Å². The third-order valence-corrected chi connectivity index (χ3v) is 6.24. The molecule has 1 saturated carbocycles. The Labute approximate surface area is 170 Å². The van der Waals surface area contributed by atoms with Crippen molar-refractivity contribution in [2.24, 2.45) is 0 Å². The van der Waals surface area contributed by atoms with Crippen LogP contribution >= 0.6 is 0 Å². The van der Waals surface area contributed by atoms with Crippen molar-refractivity contribution in [1.29, 1.82) is 0 Å². The maximum absolute atomic E-state index is 12.6. The van der Waals surface area contributed by atoms with Crippen LogP contribution in [0.1, 0.15) is 68.1 Å². The number of nitrogens with one attached hydrogen (secondary N) is 3. The monoisotopic (exact) mass is 399 g/mol. The molecule has 1 aliphatic carbocycles. The van der Waals surface area contributed by atoms with Crippen molar-refractivity contribution < 1.29 is 14.4 Å². The Morgan fingerprint density at radius 1 is 1.17 bits per heavy atom. The number of nitrogens with zero attached hydrogens (tertiary/aromatic N) is 2. The molecule has 0 aromatic carbocycles. The quantitative estimate of drug-likeness (QED) is 0.673. The molecule has 4 rings (SSSR count). The smallest absolute Gasteiger partial charge is 0.256 e. The molecule has 1 aromatic heterocycles. The van der Waals surface area contributed by atoms with Gasteiger partial charge in [-0.15, -0.1) is 0 Å². The second-order valence-corrected chi connectivity index (χ2v) is 8.38. The standard InChI is InChI=1S/C21H29N5O3/c27-17(23-15-6-3-1-2-4-7-15)14-26-13-11-21(10-9-18(26)28)24-19-16(20(29)25-21)8-5-12-22-19/h5,8,12,15H,1-4,6-7,9-11,13-14H2,(H,22,24)(H,23,27)(H,25,29). The molecule has 156 valence electrons. The first-order valence-corrected chi connectivity index (χ1v) is 10.7. The summed E-state index contributed by atoms with van der Waals surface area (Å²) in [5, 5.41) is 9.46. The van der Waals surface area contributed by atoms with Crippen molar-refractivity contribution in [3.63, 3.8) is 0 Å². The number of carbonyl (C=O) groups is 3. The molecule has 8 heteroatoms. The first-order chi connectivity index (χ1) is 14.0. The zero-order valence-electron chi connectivity index (χ0n) is 16.7. The number of hydrogen-bond donors (Lipinski definition) is 3. The summed E-state index contributed by atoms with van der Waals surface area (Å²) in [6.45, 7) is 0.487. The molecule has 0 bridgehead atoms. The normalized spacial score (nSPS) is 25.4. The summed E-state index contributed by atoms with van der Waals surface area (Å²) in [5.74, 6) is 0.219. The minimum Gasteiger partial charge on any atom is -0.352 e. The second-order valence-electron chi connectivity index (χ2n) is 8.38. The summed E-state index contributed by atoms with van der Waals surface area (Å²) >= 11 is 0. The molecule has 1 atom stereocenters. The van der Waals surface area contributed by atoms with Crippen LogP contribution in [0.25, 0.3) is 0 Å². The number of anilines is 1. The maximum Gasteiger partial charge on any atom is 0.256 e. The molecule has 3 amide bonds. The van der Waals surface area contributed by atoms with Crippen molar-refractivity contribution in [2.75, 3.05) is 18.4 Å².